The summed E-state index contributed by atoms with van der Waals surface area (Å²) in [5, 5.41) is 0. The molecule has 0 N–H and O–H groups in total. The van der Waals surface area contributed by atoms with Crippen molar-refractivity contribution in [2.24, 2.45) is 17.3 Å². The van der Waals surface area contributed by atoms with E-state index in [9.17, 15) is 4.79 Å². The highest BCUT2D eigenvalue weighted by molar-refractivity contribution is 5.81. The first-order chi connectivity index (χ1) is 5.14. The Morgan fingerprint density at radius 3 is 2.55 bits per heavy atom. The zero-order valence-corrected chi connectivity index (χ0v) is 7.39. The highest BCUT2D eigenvalue weighted by atomic mass is 16.1. The van der Waals surface area contributed by atoms with Crippen LogP contribution in [0.5, 0.6) is 0 Å². The van der Waals surface area contributed by atoms with Gasteiger partial charge in [0, 0.05) is 12.8 Å². The van der Waals surface area contributed by atoms with Gasteiger partial charge >= 0.3 is 0 Å². The van der Waals surface area contributed by atoms with Gasteiger partial charge in [-0.25, -0.2) is 0 Å². The van der Waals surface area contributed by atoms with Crippen LogP contribution in [0.2, 0.25) is 0 Å². The van der Waals surface area contributed by atoms with E-state index in [1.807, 2.05) is 0 Å². The summed E-state index contributed by atoms with van der Waals surface area (Å²) in [6, 6.07) is 0. The molecule has 0 bridgehead atoms. The van der Waals surface area contributed by atoms with Gasteiger partial charge in [-0.05, 0) is 30.1 Å². The van der Waals surface area contributed by atoms with E-state index in [1.54, 1.807) is 0 Å². The lowest BCUT2D eigenvalue weighted by Crippen LogP contribution is -2.43. The topological polar surface area (TPSA) is 17.1 Å². The predicted molar refractivity (Wildman–Crippen MR) is 44.2 cm³/mol. The molecule has 1 nitrogen and oxygen atoms in total. The van der Waals surface area contributed by atoms with Crippen LogP contribution >= 0.6 is 0 Å². The largest absolute Gasteiger partial charge is 0.300 e. The van der Waals surface area contributed by atoms with Gasteiger partial charge in [0.1, 0.15) is 5.78 Å². The van der Waals surface area contributed by atoms with E-state index in [1.165, 1.54) is 12.8 Å². The molecule has 2 aliphatic carbocycles. The van der Waals surface area contributed by atoms with E-state index in [4.69, 9.17) is 0 Å². The summed E-state index contributed by atoms with van der Waals surface area (Å²) in [5.74, 6) is 2.17. The Bertz CT molecular complexity index is 197. The fourth-order valence-corrected chi connectivity index (χ4v) is 2.97. The molecule has 0 aliphatic heterocycles. The molecule has 2 saturated carbocycles. The first-order valence-electron chi connectivity index (χ1n) is 4.66. The first-order valence-corrected chi connectivity index (χ1v) is 4.66. The average Bonchev–Trinajstić information content (AvgIpc) is 2.34. The van der Waals surface area contributed by atoms with E-state index in [0.717, 1.165) is 24.7 Å². The van der Waals surface area contributed by atoms with Crippen molar-refractivity contribution < 1.29 is 4.79 Å². The Morgan fingerprint density at radius 2 is 2.18 bits per heavy atom. The molecule has 0 aromatic heterocycles. The highest BCUT2D eigenvalue weighted by Gasteiger charge is 2.52. The molecule has 62 valence electrons. The van der Waals surface area contributed by atoms with Crippen LogP contribution < -0.4 is 0 Å². The van der Waals surface area contributed by atoms with Crippen molar-refractivity contribution in [3.63, 3.8) is 0 Å². The SMILES string of the molecule is CC1CC2(CCC(=O)C2)C1C. The average molecular weight is 152 g/mol. The third-order valence-electron chi connectivity index (χ3n) is 4.00. The third-order valence-corrected chi connectivity index (χ3v) is 4.00. The van der Waals surface area contributed by atoms with Crippen LogP contribution in [0.25, 0.3) is 0 Å². The fraction of sp³-hybridized carbons (Fsp3) is 0.900. The van der Waals surface area contributed by atoms with Crippen LogP contribution in [0, 0.1) is 17.3 Å². The van der Waals surface area contributed by atoms with E-state index in [-0.39, 0.29) is 0 Å². The number of ketones is 1. The summed E-state index contributed by atoms with van der Waals surface area (Å²) >= 11 is 0. The molecule has 0 saturated heterocycles. The molecule has 0 heterocycles. The maximum Gasteiger partial charge on any atom is 0.133 e. The van der Waals surface area contributed by atoms with E-state index in [0.29, 0.717) is 11.2 Å². The van der Waals surface area contributed by atoms with Crippen LogP contribution in [0.3, 0.4) is 0 Å². The monoisotopic (exact) mass is 152 g/mol. The molecule has 3 atom stereocenters. The van der Waals surface area contributed by atoms with Gasteiger partial charge in [0.2, 0.25) is 0 Å². The molecule has 3 unspecified atom stereocenters. The van der Waals surface area contributed by atoms with Crippen molar-refractivity contribution in [3.05, 3.63) is 0 Å². The molecule has 0 aromatic rings. The Morgan fingerprint density at radius 1 is 1.45 bits per heavy atom. The molecule has 0 amide bonds. The Balaban J connectivity index is 2.09. The van der Waals surface area contributed by atoms with E-state index >= 15 is 0 Å². The van der Waals surface area contributed by atoms with Gasteiger partial charge in [-0.1, -0.05) is 13.8 Å². The van der Waals surface area contributed by atoms with Gasteiger partial charge in [0.15, 0.2) is 0 Å². The van der Waals surface area contributed by atoms with Crippen molar-refractivity contribution in [1.82, 2.24) is 0 Å². The molecule has 1 spiro atoms. The van der Waals surface area contributed by atoms with Crippen LogP contribution in [0.1, 0.15) is 39.5 Å². The summed E-state index contributed by atoms with van der Waals surface area (Å²) in [6.07, 6.45) is 4.23. The predicted octanol–water partition coefficient (Wildman–Crippen LogP) is 2.40. The summed E-state index contributed by atoms with van der Waals surface area (Å²) in [6.45, 7) is 4.62. The molecule has 0 radical (unpaired) electrons. The standard InChI is InChI=1S/C10H16O/c1-7-5-10(8(7)2)4-3-9(11)6-10/h7-8H,3-6H2,1-2H3. The minimum Gasteiger partial charge on any atom is -0.300 e. The molecular formula is C10H16O. The second kappa shape index (κ2) is 2.09. The quantitative estimate of drug-likeness (QED) is 0.521. The summed E-state index contributed by atoms with van der Waals surface area (Å²) < 4.78 is 0. The number of carbonyl (C=O) groups excluding carboxylic acids is 1. The number of Topliss-reactive ketones (excluding diaryl/α,β-unsaturated/α-hetero) is 1. The third kappa shape index (κ3) is 0.863. The van der Waals surface area contributed by atoms with Crippen molar-refractivity contribution in [2.75, 3.05) is 0 Å². The first kappa shape index (κ1) is 7.33. The number of hydrogen-bond donors (Lipinski definition) is 0. The normalized spacial score (nSPS) is 49.8. The second-order valence-corrected chi connectivity index (χ2v) is 4.55. The van der Waals surface area contributed by atoms with Crippen LogP contribution in [0.4, 0.5) is 0 Å². The van der Waals surface area contributed by atoms with Gasteiger partial charge in [0.25, 0.3) is 0 Å². The minimum atomic E-state index is 0.469. The van der Waals surface area contributed by atoms with E-state index < -0.39 is 0 Å². The fourth-order valence-electron chi connectivity index (χ4n) is 2.97. The van der Waals surface area contributed by atoms with E-state index in [2.05, 4.69) is 13.8 Å². The number of rotatable bonds is 0. The van der Waals surface area contributed by atoms with Gasteiger partial charge in [0.05, 0.1) is 0 Å². The summed E-state index contributed by atoms with van der Waals surface area (Å²) in [4.78, 5) is 11.1. The Kier molecular flexibility index (Phi) is 1.39. The van der Waals surface area contributed by atoms with Crippen molar-refractivity contribution >= 4 is 5.78 Å². The lowest BCUT2D eigenvalue weighted by Gasteiger charge is -2.50. The van der Waals surface area contributed by atoms with Crippen molar-refractivity contribution in [1.29, 1.82) is 0 Å². The van der Waals surface area contributed by atoms with Gasteiger partial charge in [-0.2, -0.15) is 0 Å². The molecule has 2 fully saturated rings. The summed E-state index contributed by atoms with van der Waals surface area (Å²) in [5.41, 5.74) is 0.469. The molecular weight excluding hydrogens is 136 g/mol. The van der Waals surface area contributed by atoms with Gasteiger partial charge in [-0.15, -0.1) is 0 Å². The second-order valence-electron chi connectivity index (χ2n) is 4.55. The molecule has 0 aromatic carbocycles. The van der Waals surface area contributed by atoms with Crippen LogP contribution in [-0.2, 0) is 4.79 Å². The lowest BCUT2D eigenvalue weighted by molar-refractivity contribution is -0.120. The van der Waals surface area contributed by atoms with Crippen molar-refractivity contribution in [2.45, 2.75) is 39.5 Å². The van der Waals surface area contributed by atoms with Gasteiger partial charge < -0.3 is 0 Å². The highest BCUT2D eigenvalue weighted by Crippen LogP contribution is 2.58. The van der Waals surface area contributed by atoms with Crippen molar-refractivity contribution in [3.8, 4) is 0 Å². The molecule has 11 heavy (non-hydrogen) atoms. The number of carbonyl (C=O) groups is 1. The molecule has 2 rings (SSSR count). The zero-order chi connectivity index (χ0) is 8.06. The molecule has 2 aliphatic rings. The smallest absolute Gasteiger partial charge is 0.133 e. The maximum atomic E-state index is 11.1. The van der Waals surface area contributed by atoms with Crippen LogP contribution in [-0.4, -0.2) is 5.78 Å². The Hall–Kier alpha value is -0.330. The van der Waals surface area contributed by atoms with Crippen LogP contribution in [0.15, 0.2) is 0 Å². The Labute approximate surface area is 68.2 Å². The van der Waals surface area contributed by atoms with Gasteiger partial charge in [-0.3, -0.25) is 4.79 Å². The zero-order valence-electron chi connectivity index (χ0n) is 7.39. The summed E-state index contributed by atoms with van der Waals surface area (Å²) in [7, 11) is 0. The lowest BCUT2D eigenvalue weighted by atomic mass is 9.54. The number of hydrogen-bond acceptors (Lipinski definition) is 1. The molecule has 1 heteroatoms. The maximum absolute atomic E-state index is 11.1. The minimum absolute atomic E-state index is 0.469.